The third-order valence-corrected chi connectivity index (χ3v) is 3.17. The summed E-state index contributed by atoms with van der Waals surface area (Å²) in [6.45, 7) is 4.51. The van der Waals surface area contributed by atoms with Crippen molar-refractivity contribution in [1.82, 2.24) is 15.1 Å². The zero-order valence-electron chi connectivity index (χ0n) is 10.2. The number of nitrogens with zero attached hydrogens (tertiary/aromatic N) is 2. The normalized spacial score (nSPS) is 17.9. The maximum atomic E-state index is 12.0. The molecule has 4 N–H and O–H groups in total. The van der Waals surface area contributed by atoms with Gasteiger partial charge in [-0.15, -0.1) is 0 Å². The van der Waals surface area contributed by atoms with Crippen LogP contribution in [0.2, 0.25) is 0 Å². The molecular weight excluding hydrogens is 220 g/mol. The lowest BCUT2D eigenvalue weighted by Gasteiger charge is -2.46. The fourth-order valence-electron chi connectivity index (χ4n) is 2.18. The first-order chi connectivity index (χ1) is 7.97. The van der Waals surface area contributed by atoms with E-state index in [0.717, 1.165) is 6.42 Å². The number of aromatic nitrogens is 2. The average molecular weight is 238 g/mol. The summed E-state index contributed by atoms with van der Waals surface area (Å²) in [7, 11) is 0. The van der Waals surface area contributed by atoms with Crippen LogP contribution in [0.25, 0.3) is 0 Å². The number of likely N-dealkylation sites (tertiary alicyclic amines) is 1. The summed E-state index contributed by atoms with van der Waals surface area (Å²) in [5, 5.41) is 16.6. The zero-order valence-corrected chi connectivity index (χ0v) is 10.2. The molecule has 6 heteroatoms. The molecule has 0 aliphatic carbocycles. The van der Waals surface area contributed by atoms with Crippen molar-refractivity contribution in [1.29, 1.82) is 0 Å². The van der Waals surface area contributed by atoms with E-state index in [9.17, 15) is 9.90 Å². The van der Waals surface area contributed by atoms with Gasteiger partial charge in [-0.1, -0.05) is 13.3 Å². The minimum absolute atomic E-state index is 0.215. The summed E-state index contributed by atoms with van der Waals surface area (Å²) in [6, 6.07) is 0. The molecule has 0 aromatic carbocycles. The SMILES string of the molecule is CCCC1(O)CN(C(=O)c2n[nH]c(C)c2N)C1. The van der Waals surface area contributed by atoms with E-state index in [1.54, 1.807) is 11.8 Å². The smallest absolute Gasteiger partial charge is 0.276 e. The quantitative estimate of drug-likeness (QED) is 0.705. The minimum Gasteiger partial charge on any atom is -0.395 e. The Hall–Kier alpha value is -1.56. The van der Waals surface area contributed by atoms with Gasteiger partial charge in [0.05, 0.1) is 30.1 Å². The number of carbonyl (C=O) groups is 1. The number of H-pyrrole nitrogens is 1. The number of anilines is 1. The Kier molecular flexibility index (Phi) is 2.82. The second-order valence-electron chi connectivity index (χ2n) is 4.75. The van der Waals surface area contributed by atoms with Gasteiger partial charge in [0, 0.05) is 0 Å². The number of nitrogens with one attached hydrogen (secondary N) is 1. The van der Waals surface area contributed by atoms with Gasteiger partial charge in [0.1, 0.15) is 0 Å². The molecule has 0 saturated carbocycles. The lowest BCUT2D eigenvalue weighted by molar-refractivity contribution is -0.0861. The Morgan fingerprint density at radius 1 is 1.65 bits per heavy atom. The van der Waals surface area contributed by atoms with Crippen molar-refractivity contribution in [3.63, 3.8) is 0 Å². The second-order valence-corrected chi connectivity index (χ2v) is 4.75. The first kappa shape index (κ1) is 11.9. The molecule has 2 rings (SSSR count). The Balaban J connectivity index is 2.03. The van der Waals surface area contributed by atoms with Gasteiger partial charge < -0.3 is 15.7 Å². The van der Waals surface area contributed by atoms with Gasteiger partial charge in [0.25, 0.3) is 5.91 Å². The van der Waals surface area contributed by atoms with Gasteiger partial charge in [0.2, 0.25) is 0 Å². The number of aryl methyl sites for hydroxylation is 1. The highest BCUT2D eigenvalue weighted by Gasteiger charge is 2.43. The van der Waals surface area contributed by atoms with E-state index in [1.807, 2.05) is 6.92 Å². The van der Waals surface area contributed by atoms with Gasteiger partial charge in [-0.25, -0.2) is 0 Å². The van der Waals surface area contributed by atoms with E-state index in [2.05, 4.69) is 10.2 Å². The van der Waals surface area contributed by atoms with E-state index < -0.39 is 5.60 Å². The van der Waals surface area contributed by atoms with Gasteiger partial charge in [-0.3, -0.25) is 9.89 Å². The van der Waals surface area contributed by atoms with Crippen molar-refractivity contribution in [2.24, 2.45) is 0 Å². The molecule has 0 atom stereocenters. The summed E-state index contributed by atoms with van der Waals surface area (Å²) in [5.41, 5.74) is 6.36. The first-order valence-electron chi connectivity index (χ1n) is 5.79. The number of β-amino-alcohol motifs (C(OH)–C–C–N with tert-alkyl or cyclic N) is 1. The largest absolute Gasteiger partial charge is 0.395 e. The molecule has 1 saturated heterocycles. The van der Waals surface area contributed by atoms with Crippen LogP contribution >= 0.6 is 0 Å². The summed E-state index contributed by atoms with van der Waals surface area (Å²) in [5.74, 6) is -0.215. The van der Waals surface area contributed by atoms with E-state index in [1.165, 1.54) is 0 Å². The van der Waals surface area contributed by atoms with Gasteiger partial charge in [-0.2, -0.15) is 5.10 Å². The predicted molar refractivity (Wildman–Crippen MR) is 63.5 cm³/mol. The topological polar surface area (TPSA) is 95.2 Å². The number of amides is 1. The van der Waals surface area contributed by atoms with Gasteiger partial charge >= 0.3 is 0 Å². The molecule has 1 aliphatic rings. The molecule has 0 bridgehead atoms. The monoisotopic (exact) mass is 238 g/mol. The van der Waals surface area contributed by atoms with Crippen LogP contribution in [0.1, 0.15) is 35.9 Å². The third-order valence-electron chi connectivity index (χ3n) is 3.17. The Morgan fingerprint density at radius 3 is 2.76 bits per heavy atom. The van der Waals surface area contributed by atoms with Crippen molar-refractivity contribution in [3.05, 3.63) is 11.4 Å². The molecule has 2 heterocycles. The number of hydrogen-bond acceptors (Lipinski definition) is 4. The molecule has 1 amide bonds. The van der Waals surface area contributed by atoms with Gasteiger partial charge in [0.15, 0.2) is 5.69 Å². The van der Waals surface area contributed by atoms with Crippen LogP contribution in [0, 0.1) is 6.92 Å². The molecule has 0 spiro atoms. The molecule has 0 unspecified atom stereocenters. The minimum atomic E-state index is -0.718. The van der Waals surface area contributed by atoms with Crippen LogP contribution in [0.3, 0.4) is 0 Å². The summed E-state index contributed by atoms with van der Waals surface area (Å²) < 4.78 is 0. The highest BCUT2D eigenvalue weighted by molar-refractivity contribution is 5.98. The molecule has 1 fully saturated rings. The highest BCUT2D eigenvalue weighted by Crippen LogP contribution is 2.28. The number of carbonyl (C=O) groups excluding carboxylic acids is 1. The number of rotatable bonds is 3. The highest BCUT2D eigenvalue weighted by atomic mass is 16.3. The number of nitrogen functional groups attached to an aromatic ring is 1. The molecular formula is C11H18N4O2. The Labute approximate surface area is 99.8 Å². The van der Waals surface area contributed by atoms with Crippen LogP contribution in [-0.2, 0) is 0 Å². The van der Waals surface area contributed by atoms with E-state index in [0.29, 0.717) is 30.9 Å². The molecule has 1 aromatic heterocycles. The van der Waals surface area contributed by atoms with Crippen LogP contribution in [0.5, 0.6) is 0 Å². The predicted octanol–water partition coefficient (Wildman–Crippen LogP) is 0.287. The number of nitrogens with two attached hydrogens (primary N) is 1. The number of aliphatic hydroxyl groups is 1. The molecule has 1 aliphatic heterocycles. The van der Waals surface area contributed by atoms with Crippen LogP contribution < -0.4 is 5.73 Å². The van der Waals surface area contributed by atoms with E-state index in [-0.39, 0.29) is 11.6 Å². The van der Waals surface area contributed by atoms with Crippen LogP contribution in [0.4, 0.5) is 5.69 Å². The summed E-state index contributed by atoms with van der Waals surface area (Å²) in [4.78, 5) is 13.6. The van der Waals surface area contributed by atoms with E-state index >= 15 is 0 Å². The Morgan fingerprint density at radius 2 is 2.29 bits per heavy atom. The fourth-order valence-corrected chi connectivity index (χ4v) is 2.18. The Bertz CT molecular complexity index is 435. The van der Waals surface area contributed by atoms with Crippen molar-refractivity contribution in [3.8, 4) is 0 Å². The average Bonchev–Trinajstić information content (AvgIpc) is 2.56. The second kappa shape index (κ2) is 4.03. The van der Waals surface area contributed by atoms with Gasteiger partial charge in [-0.05, 0) is 13.3 Å². The maximum Gasteiger partial charge on any atom is 0.276 e. The van der Waals surface area contributed by atoms with Crippen molar-refractivity contribution in [2.75, 3.05) is 18.8 Å². The fraction of sp³-hybridized carbons (Fsp3) is 0.636. The molecule has 94 valence electrons. The van der Waals surface area contributed by atoms with Crippen molar-refractivity contribution in [2.45, 2.75) is 32.3 Å². The van der Waals surface area contributed by atoms with Crippen molar-refractivity contribution < 1.29 is 9.90 Å². The van der Waals surface area contributed by atoms with Crippen LogP contribution in [0.15, 0.2) is 0 Å². The maximum absolute atomic E-state index is 12.0. The zero-order chi connectivity index (χ0) is 12.6. The summed E-state index contributed by atoms with van der Waals surface area (Å²) in [6.07, 6.45) is 1.62. The molecule has 0 radical (unpaired) electrons. The standard InChI is InChI=1S/C11H18N4O2/c1-3-4-11(17)5-15(6-11)10(16)9-8(12)7(2)13-14-9/h17H,3-6,12H2,1-2H3,(H,13,14). The molecule has 17 heavy (non-hydrogen) atoms. The van der Waals surface area contributed by atoms with Crippen molar-refractivity contribution >= 4 is 11.6 Å². The number of aromatic amines is 1. The summed E-state index contributed by atoms with van der Waals surface area (Å²) >= 11 is 0. The molecule has 6 nitrogen and oxygen atoms in total. The van der Waals surface area contributed by atoms with Crippen LogP contribution in [-0.4, -0.2) is 44.8 Å². The first-order valence-corrected chi connectivity index (χ1v) is 5.79. The number of hydrogen-bond donors (Lipinski definition) is 3. The lowest BCUT2D eigenvalue weighted by Crippen LogP contribution is -2.63. The molecule has 1 aromatic rings. The van der Waals surface area contributed by atoms with E-state index in [4.69, 9.17) is 5.73 Å². The third kappa shape index (κ3) is 2.00. The lowest BCUT2D eigenvalue weighted by atomic mass is 9.89.